The van der Waals surface area contributed by atoms with Crippen molar-refractivity contribution >= 4 is 35.8 Å². The number of hydrogen-bond acceptors (Lipinski definition) is 3. The van der Waals surface area contributed by atoms with E-state index in [-0.39, 0.29) is 42.8 Å². The van der Waals surface area contributed by atoms with Gasteiger partial charge in [-0.2, -0.15) is 0 Å². The summed E-state index contributed by atoms with van der Waals surface area (Å²) >= 11 is 0. The number of nitrogens with two attached hydrogens (primary N) is 1. The monoisotopic (exact) mass is 522 g/mol. The average molecular weight is 522 g/mol. The first-order valence-corrected chi connectivity index (χ1v) is 8.53. The van der Waals surface area contributed by atoms with Crippen LogP contribution in [-0.4, -0.2) is 24.8 Å². The van der Waals surface area contributed by atoms with Crippen LogP contribution in [0.4, 0.5) is 13.2 Å². The Morgan fingerprint density at radius 2 is 1.86 bits per heavy atom. The predicted molar refractivity (Wildman–Crippen MR) is 115 cm³/mol. The second-order valence-electron chi connectivity index (χ2n) is 5.77. The van der Waals surface area contributed by atoms with Crippen molar-refractivity contribution in [2.75, 3.05) is 6.54 Å². The normalized spacial score (nSPS) is 11.4. The number of aliphatic imine (C=N–C) groups is 1. The van der Waals surface area contributed by atoms with Crippen LogP contribution in [0.3, 0.4) is 0 Å². The number of guanidine groups is 1. The number of rotatable bonds is 7. The third-order valence-electron chi connectivity index (χ3n) is 3.62. The molecule has 158 valence electrons. The van der Waals surface area contributed by atoms with Crippen molar-refractivity contribution in [3.8, 4) is 5.75 Å². The van der Waals surface area contributed by atoms with Crippen molar-refractivity contribution in [1.82, 2.24) is 10.6 Å². The van der Waals surface area contributed by atoms with Gasteiger partial charge in [-0.15, -0.1) is 37.1 Å². The second-order valence-corrected chi connectivity index (χ2v) is 5.77. The summed E-state index contributed by atoms with van der Waals surface area (Å²) in [5, 5.41) is 5.98. The van der Waals surface area contributed by atoms with Gasteiger partial charge in [0.25, 0.3) is 0 Å². The van der Waals surface area contributed by atoms with E-state index >= 15 is 0 Å². The summed E-state index contributed by atoms with van der Waals surface area (Å²) in [4.78, 5) is 15.6. The van der Waals surface area contributed by atoms with Gasteiger partial charge in [0.2, 0.25) is 5.91 Å². The lowest BCUT2D eigenvalue weighted by molar-refractivity contribution is -0.274. The second kappa shape index (κ2) is 11.5. The van der Waals surface area contributed by atoms with E-state index in [1.54, 1.807) is 30.3 Å². The maximum atomic E-state index is 12.5. The highest BCUT2D eigenvalue weighted by Gasteiger charge is 2.31. The molecule has 0 heterocycles. The number of nitrogens with zero attached hydrogens (tertiary/aromatic N) is 1. The summed E-state index contributed by atoms with van der Waals surface area (Å²) in [5.74, 6) is -0.390. The Balaban J connectivity index is 0.00000420. The summed E-state index contributed by atoms with van der Waals surface area (Å²) < 4.78 is 41.6. The van der Waals surface area contributed by atoms with Crippen LogP contribution in [0.25, 0.3) is 0 Å². The first kappa shape index (κ1) is 24.5. The van der Waals surface area contributed by atoms with Crippen LogP contribution in [-0.2, 0) is 13.1 Å². The maximum absolute atomic E-state index is 12.5. The van der Waals surface area contributed by atoms with Crippen LogP contribution in [0.5, 0.6) is 5.75 Å². The van der Waals surface area contributed by atoms with Crippen LogP contribution < -0.4 is 21.1 Å². The van der Waals surface area contributed by atoms with Crippen LogP contribution >= 0.6 is 24.0 Å². The van der Waals surface area contributed by atoms with Gasteiger partial charge in [-0.25, -0.2) is 4.99 Å². The smallest absolute Gasteiger partial charge is 0.405 e. The third-order valence-corrected chi connectivity index (χ3v) is 3.62. The Morgan fingerprint density at radius 1 is 1.14 bits per heavy atom. The zero-order valence-corrected chi connectivity index (χ0v) is 18.0. The highest BCUT2D eigenvalue weighted by atomic mass is 127. The van der Waals surface area contributed by atoms with Gasteiger partial charge in [0, 0.05) is 24.2 Å². The third kappa shape index (κ3) is 8.59. The highest BCUT2D eigenvalue weighted by Crippen LogP contribution is 2.26. The summed E-state index contributed by atoms with van der Waals surface area (Å²) in [5.41, 5.74) is 6.75. The molecule has 0 bridgehead atoms. The average Bonchev–Trinajstić information content (AvgIpc) is 2.64. The van der Waals surface area contributed by atoms with Crippen LogP contribution in [0.2, 0.25) is 0 Å². The molecule has 29 heavy (non-hydrogen) atoms. The zero-order valence-electron chi connectivity index (χ0n) is 15.6. The number of alkyl halides is 3. The number of halogens is 4. The van der Waals surface area contributed by atoms with Crippen molar-refractivity contribution in [2.24, 2.45) is 10.7 Å². The largest absolute Gasteiger partial charge is 0.573 e. The number of ether oxygens (including phenoxy) is 1. The van der Waals surface area contributed by atoms with Crippen LogP contribution in [0.15, 0.2) is 53.5 Å². The van der Waals surface area contributed by atoms with Gasteiger partial charge in [0.15, 0.2) is 5.96 Å². The summed E-state index contributed by atoms with van der Waals surface area (Å²) in [7, 11) is 0. The summed E-state index contributed by atoms with van der Waals surface area (Å²) in [6, 6.07) is 12.6. The van der Waals surface area contributed by atoms with E-state index in [1.807, 2.05) is 6.92 Å². The Morgan fingerprint density at radius 3 is 2.52 bits per heavy atom. The van der Waals surface area contributed by atoms with E-state index in [9.17, 15) is 18.0 Å². The molecule has 0 saturated heterocycles. The first-order chi connectivity index (χ1) is 13.3. The molecule has 0 atom stereocenters. The molecular weight excluding hydrogens is 500 g/mol. The van der Waals surface area contributed by atoms with E-state index in [4.69, 9.17) is 5.73 Å². The van der Waals surface area contributed by atoms with Gasteiger partial charge in [0.05, 0.1) is 6.54 Å². The topological polar surface area (TPSA) is 88.7 Å². The van der Waals surface area contributed by atoms with Gasteiger partial charge < -0.3 is 21.1 Å². The Labute approximate surface area is 183 Å². The van der Waals surface area contributed by atoms with E-state index in [0.29, 0.717) is 23.6 Å². The zero-order chi connectivity index (χ0) is 20.6. The number of carbonyl (C=O) groups is 1. The van der Waals surface area contributed by atoms with Gasteiger partial charge in [-0.1, -0.05) is 30.3 Å². The molecule has 10 heteroatoms. The molecule has 0 aliphatic rings. The standard InChI is InChI=1S/C19H21F3N4O2.HI/c1-2-24-18(25-11-13-6-5-8-14(10-13)17(23)27)26-12-15-7-3-4-9-16(15)28-19(20,21)22;/h3-10H,2,11-12H2,1H3,(H2,23,27)(H2,24,25,26);1H. The molecule has 0 radical (unpaired) electrons. The molecule has 0 aliphatic heterocycles. The van der Waals surface area contributed by atoms with Gasteiger partial charge in [-0.05, 0) is 30.7 Å². The van der Waals surface area contributed by atoms with Gasteiger partial charge in [-0.3, -0.25) is 4.79 Å². The Hall–Kier alpha value is -2.50. The van der Waals surface area contributed by atoms with Crippen molar-refractivity contribution < 1.29 is 22.7 Å². The molecule has 0 spiro atoms. The first-order valence-electron chi connectivity index (χ1n) is 8.53. The lowest BCUT2D eigenvalue weighted by atomic mass is 10.1. The molecule has 4 N–H and O–H groups in total. The molecule has 0 aliphatic carbocycles. The van der Waals surface area contributed by atoms with Crippen molar-refractivity contribution in [2.45, 2.75) is 26.4 Å². The van der Waals surface area contributed by atoms with Gasteiger partial charge in [0.1, 0.15) is 5.75 Å². The fourth-order valence-corrected chi connectivity index (χ4v) is 2.39. The molecule has 0 fully saturated rings. The Bertz CT molecular complexity index is 844. The minimum absolute atomic E-state index is 0. The molecule has 2 aromatic rings. The molecule has 0 saturated carbocycles. The summed E-state index contributed by atoms with van der Waals surface area (Å²) in [6.07, 6.45) is -4.76. The van der Waals surface area contributed by atoms with Crippen molar-refractivity contribution in [1.29, 1.82) is 0 Å². The lowest BCUT2D eigenvalue weighted by Crippen LogP contribution is -2.37. The van der Waals surface area contributed by atoms with E-state index < -0.39 is 12.3 Å². The molecule has 2 rings (SSSR count). The molecule has 0 unspecified atom stereocenters. The number of nitrogens with one attached hydrogen (secondary N) is 2. The number of primary amides is 1. The quantitative estimate of drug-likeness (QED) is 0.295. The Kier molecular flexibility index (Phi) is 9.72. The summed E-state index contributed by atoms with van der Waals surface area (Å²) in [6.45, 7) is 2.77. The molecule has 6 nitrogen and oxygen atoms in total. The van der Waals surface area contributed by atoms with E-state index in [0.717, 1.165) is 5.56 Å². The number of amides is 1. The molecule has 0 aromatic heterocycles. The minimum atomic E-state index is -4.76. The number of benzene rings is 2. The molecule has 2 aromatic carbocycles. The van der Waals surface area contributed by atoms with Gasteiger partial charge >= 0.3 is 6.36 Å². The SMILES string of the molecule is CCNC(=NCc1cccc(C(N)=O)c1)NCc1ccccc1OC(F)(F)F.I. The van der Waals surface area contributed by atoms with Crippen LogP contribution in [0, 0.1) is 0 Å². The fraction of sp³-hybridized carbons (Fsp3) is 0.263. The fourth-order valence-electron chi connectivity index (χ4n) is 2.39. The maximum Gasteiger partial charge on any atom is 0.573 e. The number of para-hydroxylation sites is 1. The van der Waals surface area contributed by atoms with Crippen LogP contribution in [0.1, 0.15) is 28.4 Å². The minimum Gasteiger partial charge on any atom is -0.405 e. The predicted octanol–water partition coefficient (Wildman–Crippen LogP) is 3.56. The highest BCUT2D eigenvalue weighted by molar-refractivity contribution is 14.0. The number of hydrogen-bond donors (Lipinski definition) is 3. The van der Waals surface area contributed by atoms with Crippen molar-refractivity contribution in [3.63, 3.8) is 0 Å². The van der Waals surface area contributed by atoms with E-state index in [2.05, 4.69) is 20.4 Å². The van der Waals surface area contributed by atoms with E-state index in [1.165, 1.54) is 18.2 Å². The molecule has 1 amide bonds. The van der Waals surface area contributed by atoms with Crippen molar-refractivity contribution in [3.05, 3.63) is 65.2 Å². The lowest BCUT2D eigenvalue weighted by Gasteiger charge is -2.15. The molecular formula is C19H22F3IN4O2. The number of carbonyl (C=O) groups excluding carboxylic acids is 1.